The Hall–Kier alpha value is -1.14. The van der Waals surface area contributed by atoms with Crippen LogP contribution in [0.2, 0.25) is 0 Å². The van der Waals surface area contributed by atoms with Gasteiger partial charge in [-0.05, 0) is 11.6 Å². The molecule has 17 heavy (non-hydrogen) atoms. The van der Waals surface area contributed by atoms with Crippen LogP contribution >= 0.6 is 0 Å². The van der Waals surface area contributed by atoms with Gasteiger partial charge in [0, 0.05) is 37.9 Å². The van der Waals surface area contributed by atoms with Crippen molar-refractivity contribution in [2.24, 2.45) is 0 Å². The molecule has 0 spiro atoms. The van der Waals surface area contributed by atoms with Gasteiger partial charge in [0.15, 0.2) is 0 Å². The second kappa shape index (κ2) is 3.96. The summed E-state index contributed by atoms with van der Waals surface area (Å²) in [6.45, 7) is 0. The molecule has 1 nitrogen and oxygen atoms in total. The Morgan fingerprint density at radius 2 is 1.94 bits per heavy atom. The SMILES string of the molecule is [Zr].[c-]1cccc2c1C=C1c3ccccc3NC12. The van der Waals surface area contributed by atoms with Crippen LogP contribution in [0.4, 0.5) is 5.69 Å². The molecule has 1 heterocycles. The van der Waals surface area contributed by atoms with Gasteiger partial charge < -0.3 is 5.32 Å². The maximum Gasteiger partial charge on any atom is 0.0410 e. The van der Waals surface area contributed by atoms with Gasteiger partial charge in [0.25, 0.3) is 0 Å². The number of hydrogen-bond donors (Lipinski definition) is 1. The molecule has 0 saturated heterocycles. The summed E-state index contributed by atoms with van der Waals surface area (Å²) in [6, 6.07) is 18.3. The third kappa shape index (κ3) is 1.47. The van der Waals surface area contributed by atoms with E-state index in [0.717, 1.165) is 0 Å². The fourth-order valence-corrected chi connectivity index (χ4v) is 2.65. The van der Waals surface area contributed by atoms with Crippen molar-refractivity contribution in [3.8, 4) is 0 Å². The van der Waals surface area contributed by atoms with Crippen LogP contribution in [0.15, 0.2) is 42.5 Å². The number of anilines is 1. The van der Waals surface area contributed by atoms with E-state index in [1.807, 2.05) is 6.07 Å². The molecule has 0 saturated carbocycles. The number of rotatable bonds is 0. The van der Waals surface area contributed by atoms with Crippen molar-refractivity contribution in [3.05, 3.63) is 65.2 Å². The third-order valence-electron chi connectivity index (χ3n) is 3.38. The summed E-state index contributed by atoms with van der Waals surface area (Å²) in [5, 5.41) is 3.56. The zero-order chi connectivity index (χ0) is 10.5. The van der Waals surface area contributed by atoms with Gasteiger partial charge in [-0.25, -0.2) is 0 Å². The van der Waals surface area contributed by atoms with E-state index in [2.05, 4.69) is 53.9 Å². The zero-order valence-corrected chi connectivity index (χ0v) is 11.7. The monoisotopic (exact) mass is 294 g/mol. The molecule has 1 aliphatic carbocycles. The van der Waals surface area contributed by atoms with Gasteiger partial charge in [-0.15, -0.1) is 41.5 Å². The maximum atomic E-state index is 3.56. The molecule has 2 aliphatic rings. The van der Waals surface area contributed by atoms with Crippen molar-refractivity contribution < 1.29 is 26.2 Å². The molecule has 2 aromatic rings. The molecule has 0 radical (unpaired) electrons. The summed E-state index contributed by atoms with van der Waals surface area (Å²) >= 11 is 0. The van der Waals surface area contributed by atoms with Crippen molar-refractivity contribution in [3.63, 3.8) is 0 Å². The summed E-state index contributed by atoms with van der Waals surface area (Å²) in [4.78, 5) is 0. The number of benzene rings is 2. The van der Waals surface area contributed by atoms with E-state index < -0.39 is 0 Å². The molecular weight excluding hydrogens is 285 g/mol. The maximum absolute atomic E-state index is 3.56. The average molecular weight is 295 g/mol. The van der Waals surface area contributed by atoms with Crippen LogP contribution in [0.5, 0.6) is 0 Å². The van der Waals surface area contributed by atoms with Crippen LogP contribution < -0.4 is 5.32 Å². The minimum Gasteiger partial charge on any atom is -0.382 e. The Morgan fingerprint density at radius 3 is 2.88 bits per heavy atom. The molecule has 1 aliphatic heterocycles. The van der Waals surface area contributed by atoms with E-state index in [-0.39, 0.29) is 26.2 Å². The quantitative estimate of drug-likeness (QED) is 0.734. The van der Waals surface area contributed by atoms with Gasteiger partial charge in [0.2, 0.25) is 0 Å². The van der Waals surface area contributed by atoms with E-state index in [4.69, 9.17) is 0 Å². The Bertz CT molecular complexity index is 616. The topological polar surface area (TPSA) is 12.0 Å². The molecule has 4 rings (SSSR count). The summed E-state index contributed by atoms with van der Waals surface area (Å²) in [7, 11) is 0. The van der Waals surface area contributed by atoms with E-state index >= 15 is 0 Å². The van der Waals surface area contributed by atoms with Crippen molar-refractivity contribution in [2.45, 2.75) is 6.04 Å². The second-order valence-corrected chi connectivity index (χ2v) is 4.26. The normalized spacial score (nSPS) is 18.4. The Morgan fingerprint density at radius 1 is 1.06 bits per heavy atom. The largest absolute Gasteiger partial charge is 0.382 e. The molecule has 0 aromatic heterocycles. The fraction of sp³-hybridized carbons (Fsp3) is 0.0667. The minimum absolute atomic E-state index is 0. The van der Waals surface area contributed by atoms with Crippen LogP contribution in [0.3, 0.4) is 0 Å². The first-order chi connectivity index (χ1) is 7.93. The third-order valence-corrected chi connectivity index (χ3v) is 3.38. The Balaban J connectivity index is 0.000000902. The predicted molar refractivity (Wildman–Crippen MR) is 66.0 cm³/mol. The second-order valence-electron chi connectivity index (χ2n) is 4.26. The molecule has 2 heteroatoms. The zero-order valence-electron chi connectivity index (χ0n) is 9.20. The van der Waals surface area contributed by atoms with Crippen molar-refractivity contribution in [1.82, 2.24) is 0 Å². The van der Waals surface area contributed by atoms with Gasteiger partial charge in [-0.3, -0.25) is 0 Å². The number of para-hydroxylation sites is 1. The molecule has 1 atom stereocenters. The van der Waals surface area contributed by atoms with Gasteiger partial charge >= 0.3 is 0 Å². The van der Waals surface area contributed by atoms with Crippen LogP contribution in [0.25, 0.3) is 11.6 Å². The molecule has 2 aromatic carbocycles. The van der Waals surface area contributed by atoms with Crippen LogP contribution in [-0.4, -0.2) is 0 Å². The van der Waals surface area contributed by atoms with E-state index in [9.17, 15) is 0 Å². The molecule has 0 bridgehead atoms. The first-order valence-electron chi connectivity index (χ1n) is 5.51. The molecule has 80 valence electrons. The summed E-state index contributed by atoms with van der Waals surface area (Å²) in [5.74, 6) is 0. The fourth-order valence-electron chi connectivity index (χ4n) is 2.65. The Labute approximate surface area is 120 Å². The number of nitrogens with one attached hydrogen (secondary N) is 1. The van der Waals surface area contributed by atoms with Crippen LogP contribution in [0, 0.1) is 6.07 Å². The van der Waals surface area contributed by atoms with Crippen molar-refractivity contribution in [1.29, 1.82) is 0 Å². The molecule has 1 unspecified atom stereocenters. The Kier molecular flexibility index (Phi) is 2.56. The van der Waals surface area contributed by atoms with Crippen molar-refractivity contribution >= 4 is 17.3 Å². The average Bonchev–Trinajstić information content (AvgIpc) is 2.85. The van der Waals surface area contributed by atoms with Crippen LogP contribution in [-0.2, 0) is 26.2 Å². The van der Waals surface area contributed by atoms with E-state index in [0.29, 0.717) is 6.04 Å². The van der Waals surface area contributed by atoms with Gasteiger partial charge in [0.05, 0.1) is 0 Å². The molecule has 0 fully saturated rings. The summed E-state index contributed by atoms with van der Waals surface area (Å²) < 4.78 is 0. The van der Waals surface area contributed by atoms with Gasteiger partial charge in [-0.1, -0.05) is 23.8 Å². The van der Waals surface area contributed by atoms with E-state index in [1.165, 1.54) is 28.0 Å². The molecular formula is C15H10NZr-. The molecule has 1 N–H and O–H groups in total. The van der Waals surface area contributed by atoms with E-state index in [1.54, 1.807) is 0 Å². The first kappa shape index (κ1) is 11.0. The molecule has 0 amide bonds. The number of fused-ring (bicyclic) bond motifs is 5. The van der Waals surface area contributed by atoms with Gasteiger partial charge in [-0.2, -0.15) is 0 Å². The van der Waals surface area contributed by atoms with Crippen molar-refractivity contribution in [2.75, 3.05) is 5.32 Å². The first-order valence-corrected chi connectivity index (χ1v) is 5.51. The smallest absolute Gasteiger partial charge is 0.0410 e. The summed E-state index contributed by atoms with van der Waals surface area (Å²) in [5.41, 5.74) is 6.52. The van der Waals surface area contributed by atoms with Gasteiger partial charge in [0.1, 0.15) is 0 Å². The minimum atomic E-state index is 0. The van der Waals surface area contributed by atoms with Crippen LogP contribution in [0.1, 0.15) is 22.7 Å². The standard InChI is InChI=1S/C15H10N.Zr/c1-2-6-11-10(5-1)9-13-12-7-3-4-8-14(12)16-15(11)13;/h1-4,6-9,15-16H;/q-1;. The number of hydrogen-bond acceptors (Lipinski definition) is 1. The summed E-state index contributed by atoms with van der Waals surface area (Å²) in [6.07, 6.45) is 2.25. The predicted octanol–water partition coefficient (Wildman–Crippen LogP) is 3.51.